The first-order valence-corrected chi connectivity index (χ1v) is 5.38. The van der Waals surface area contributed by atoms with E-state index < -0.39 is 0 Å². The van der Waals surface area contributed by atoms with Gasteiger partial charge in [0.15, 0.2) is 0 Å². The molecule has 1 rings (SSSR count). The van der Waals surface area contributed by atoms with Crippen LogP contribution in [0.15, 0.2) is 30.3 Å². The molecule has 15 heavy (non-hydrogen) atoms. The Labute approximate surface area is 95.4 Å². The number of nitrogens with two attached hydrogens (primary N) is 1. The molecule has 1 aromatic carbocycles. The van der Waals surface area contributed by atoms with Gasteiger partial charge in [0, 0.05) is 11.1 Å². The predicted molar refractivity (Wildman–Crippen MR) is 64.8 cm³/mol. The highest BCUT2D eigenvalue weighted by molar-refractivity contribution is 6.30. The van der Waals surface area contributed by atoms with Gasteiger partial charge < -0.3 is 10.8 Å². The summed E-state index contributed by atoms with van der Waals surface area (Å²) in [7, 11) is 0. The van der Waals surface area contributed by atoms with Crippen LogP contribution in [0, 0.1) is 0 Å². The fourth-order valence-corrected chi connectivity index (χ4v) is 1.52. The molecule has 0 saturated heterocycles. The van der Waals surface area contributed by atoms with E-state index in [1.807, 2.05) is 30.3 Å². The van der Waals surface area contributed by atoms with Crippen LogP contribution in [0.4, 0.5) is 0 Å². The summed E-state index contributed by atoms with van der Waals surface area (Å²) in [6.45, 7) is 2.03. The summed E-state index contributed by atoms with van der Waals surface area (Å²) in [6, 6.07) is 7.33. The van der Waals surface area contributed by atoms with Crippen LogP contribution >= 0.6 is 11.6 Å². The van der Waals surface area contributed by atoms with Gasteiger partial charge in [0.1, 0.15) is 0 Å². The summed E-state index contributed by atoms with van der Waals surface area (Å²) >= 11 is 5.81. The van der Waals surface area contributed by atoms with E-state index in [1.165, 1.54) is 0 Å². The van der Waals surface area contributed by atoms with Crippen molar-refractivity contribution >= 4 is 17.2 Å². The smallest absolute Gasteiger partial charge is 0.0618 e. The van der Waals surface area contributed by atoms with Crippen LogP contribution < -0.4 is 5.73 Å². The van der Waals surface area contributed by atoms with Gasteiger partial charge in [-0.2, -0.15) is 0 Å². The normalized spacial score (nSPS) is 14.0. The number of allylic oxidation sites excluding steroid dienone is 1. The summed E-state index contributed by atoms with van der Waals surface area (Å²) in [4.78, 5) is 0. The lowest BCUT2D eigenvalue weighted by molar-refractivity contribution is 0.284. The molecule has 0 heterocycles. The van der Waals surface area contributed by atoms with Crippen molar-refractivity contribution in [2.45, 2.75) is 19.4 Å². The van der Waals surface area contributed by atoms with Gasteiger partial charge in [0.25, 0.3) is 0 Å². The zero-order valence-corrected chi connectivity index (χ0v) is 9.54. The molecular formula is C12H16ClNO. The van der Waals surface area contributed by atoms with Crippen LogP contribution in [-0.4, -0.2) is 17.8 Å². The Morgan fingerprint density at radius 1 is 1.47 bits per heavy atom. The maximum Gasteiger partial charge on any atom is 0.0618 e. The van der Waals surface area contributed by atoms with Gasteiger partial charge in [0.05, 0.1) is 6.61 Å². The molecule has 0 aromatic heterocycles. The summed E-state index contributed by atoms with van der Waals surface area (Å²) in [5, 5.41) is 9.60. The Morgan fingerprint density at radius 3 is 2.53 bits per heavy atom. The molecule has 0 unspecified atom stereocenters. The van der Waals surface area contributed by atoms with Crippen molar-refractivity contribution in [1.82, 2.24) is 0 Å². The standard InChI is InChI=1S/C12H16ClNO/c1-2-9(7-12(14)8-15)10-3-5-11(13)6-4-10/h3-7,12,15H,2,8,14H2,1H3/b9-7-/t12-/m0/s1. The van der Waals surface area contributed by atoms with Gasteiger partial charge in [-0.3, -0.25) is 0 Å². The van der Waals surface area contributed by atoms with Gasteiger partial charge in [-0.1, -0.05) is 36.7 Å². The molecule has 0 fully saturated rings. The molecule has 3 N–H and O–H groups in total. The van der Waals surface area contributed by atoms with E-state index in [2.05, 4.69) is 6.92 Å². The molecule has 2 nitrogen and oxygen atoms in total. The Hall–Kier alpha value is -0.830. The Kier molecular flexibility index (Phi) is 4.82. The number of benzene rings is 1. The van der Waals surface area contributed by atoms with E-state index in [0.29, 0.717) is 0 Å². The van der Waals surface area contributed by atoms with Crippen molar-refractivity contribution in [2.24, 2.45) is 5.73 Å². The van der Waals surface area contributed by atoms with Crippen molar-refractivity contribution in [3.63, 3.8) is 0 Å². The summed E-state index contributed by atoms with van der Waals surface area (Å²) in [6.07, 6.45) is 2.78. The van der Waals surface area contributed by atoms with Gasteiger partial charge in [-0.15, -0.1) is 0 Å². The van der Waals surface area contributed by atoms with E-state index in [9.17, 15) is 0 Å². The lowest BCUT2D eigenvalue weighted by Crippen LogP contribution is -2.21. The zero-order valence-electron chi connectivity index (χ0n) is 8.78. The third-order valence-corrected chi connectivity index (χ3v) is 2.47. The molecule has 0 bridgehead atoms. The molecule has 1 atom stereocenters. The van der Waals surface area contributed by atoms with Crippen molar-refractivity contribution in [3.8, 4) is 0 Å². The minimum absolute atomic E-state index is 0.0307. The maximum absolute atomic E-state index is 8.88. The van der Waals surface area contributed by atoms with E-state index in [0.717, 1.165) is 22.6 Å². The second kappa shape index (κ2) is 5.91. The van der Waals surface area contributed by atoms with E-state index in [4.69, 9.17) is 22.4 Å². The summed E-state index contributed by atoms with van der Waals surface area (Å²) in [5.74, 6) is 0. The minimum Gasteiger partial charge on any atom is -0.394 e. The molecule has 0 spiro atoms. The highest BCUT2D eigenvalue weighted by Crippen LogP contribution is 2.20. The predicted octanol–water partition coefficient (Wildman–Crippen LogP) is 2.45. The Morgan fingerprint density at radius 2 is 2.07 bits per heavy atom. The fourth-order valence-electron chi connectivity index (χ4n) is 1.39. The average molecular weight is 226 g/mol. The average Bonchev–Trinajstić information content (AvgIpc) is 2.27. The molecular weight excluding hydrogens is 210 g/mol. The molecule has 0 aliphatic heterocycles. The number of hydrogen-bond donors (Lipinski definition) is 2. The Balaban J connectivity index is 2.92. The first kappa shape index (κ1) is 12.2. The topological polar surface area (TPSA) is 46.2 Å². The number of hydrogen-bond acceptors (Lipinski definition) is 2. The number of halogens is 1. The van der Waals surface area contributed by atoms with Crippen LogP contribution in [0.3, 0.4) is 0 Å². The first-order valence-electron chi connectivity index (χ1n) is 5.00. The van der Waals surface area contributed by atoms with Gasteiger partial charge in [0.2, 0.25) is 0 Å². The van der Waals surface area contributed by atoms with Crippen molar-refractivity contribution in [3.05, 3.63) is 40.9 Å². The fraction of sp³-hybridized carbons (Fsp3) is 0.333. The van der Waals surface area contributed by atoms with Crippen LogP contribution in [-0.2, 0) is 0 Å². The number of rotatable bonds is 4. The molecule has 3 heteroatoms. The van der Waals surface area contributed by atoms with Crippen LogP contribution in [0.2, 0.25) is 5.02 Å². The lowest BCUT2D eigenvalue weighted by atomic mass is 10.0. The quantitative estimate of drug-likeness (QED) is 0.827. The monoisotopic (exact) mass is 225 g/mol. The highest BCUT2D eigenvalue weighted by Gasteiger charge is 2.02. The first-order chi connectivity index (χ1) is 7.17. The van der Waals surface area contributed by atoms with E-state index in [-0.39, 0.29) is 12.6 Å². The number of aliphatic hydroxyl groups excluding tert-OH is 1. The highest BCUT2D eigenvalue weighted by atomic mass is 35.5. The molecule has 0 aliphatic carbocycles. The molecule has 0 radical (unpaired) electrons. The molecule has 82 valence electrons. The van der Waals surface area contributed by atoms with Crippen molar-refractivity contribution in [1.29, 1.82) is 0 Å². The second-order valence-electron chi connectivity index (χ2n) is 3.40. The van der Waals surface area contributed by atoms with Crippen molar-refractivity contribution < 1.29 is 5.11 Å². The maximum atomic E-state index is 8.88. The number of aliphatic hydroxyl groups is 1. The van der Waals surface area contributed by atoms with Crippen LogP contribution in [0.25, 0.3) is 5.57 Å². The van der Waals surface area contributed by atoms with E-state index in [1.54, 1.807) is 0 Å². The molecule has 0 saturated carbocycles. The van der Waals surface area contributed by atoms with E-state index >= 15 is 0 Å². The molecule has 0 aliphatic rings. The third kappa shape index (κ3) is 3.67. The summed E-state index contributed by atoms with van der Waals surface area (Å²) < 4.78 is 0. The second-order valence-corrected chi connectivity index (χ2v) is 3.84. The van der Waals surface area contributed by atoms with Gasteiger partial charge in [-0.05, 0) is 29.7 Å². The largest absolute Gasteiger partial charge is 0.394 e. The van der Waals surface area contributed by atoms with Crippen LogP contribution in [0.1, 0.15) is 18.9 Å². The third-order valence-electron chi connectivity index (χ3n) is 2.22. The van der Waals surface area contributed by atoms with Crippen LogP contribution in [0.5, 0.6) is 0 Å². The molecule has 0 amide bonds. The van der Waals surface area contributed by atoms with Gasteiger partial charge in [-0.25, -0.2) is 0 Å². The summed E-state index contributed by atoms with van der Waals surface area (Å²) in [5.41, 5.74) is 7.90. The SMILES string of the molecule is CC/C(=C/[C@H](N)CO)c1ccc(Cl)cc1. The molecule has 1 aromatic rings. The van der Waals surface area contributed by atoms with Crippen molar-refractivity contribution in [2.75, 3.05) is 6.61 Å². The Bertz CT molecular complexity index is 332. The lowest BCUT2D eigenvalue weighted by Gasteiger charge is -2.08. The zero-order chi connectivity index (χ0) is 11.3. The van der Waals surface area contributed by atoms with Gasteiger partial charge >= 0.3 is 0 Å². The minimum atomic E-state index is -0.296.